The van der Waals surface area contributed by atoms with Gasteiger partial charge in [-0.3, -0.25) is 13.6 Å². The number of anilines is 2. The lowest BCUT2D eigenvalue weighted by atomic mass is 10.1. The van der Waals surface area contributed by atoms with E-state index in [1.165, 1.54) is 25.2 Å². The Kier molecular flexibility index (Phi) is 5.13. The fraction of sp³-hybridized carbons (Fsp3) is 0.353. The molecule has 4 heterocycles. The average Bonchev–Trinajstić information content (AvgIpc) is 3.26. The fourth-order valence-corrected chi connectivity index (χ4v) is 5.57. The van der Waals surface area contributed by atoms with E-state index in [-0.39, 0.29) is 12.4 Å². The maximum Gasteiger partial charge on any atom is 0.472 e. The minimum atomic E-state index is -4.19. The van der Waals surface area contributed by atoms with E-state index in [2.05, 4.69) is 15.0 Å². The van der Waals surface area contributed by atoms with Crippen molar-refractivity contribution in [1.29, 1.82) is 0 Å². The van der Waals surface area contributed by atoms with Crippen LogP contribution in [0.15, 0.2) is 40.6 Å². The number of nitrogen functional groups attached to an aromatic ring is 2. The largest absolute Gasteiger partial charge is 0.472 e. The molecule has 2 aliphatic heterocycles. The summed E-state index contributed by atoms with van der Waals surface area (Å²) in [6.07, 6.45) is -1.65. The fourth-order valence-electron chi connectivity index (χ4n) is 3.66. The number of phosphoric acid groups is 1. The highest BCUT2D eigenvalue weighted by molar-refractivity contribution is 7.99. The van der Waals surface area contributed by atoms with E-state index in [0.29, 0.717) is 22.0 Å². The number of ether oxygens (including phenoxy) is 2. The molecule has 5 N–H and O–H groups in total. The Morgan fingerprint density at radius 1 is 1.32 bits per heavy atom. The van der Waals surface area contributed by atoms with Crippen LogP contribution in [-0.4, -0.2) is 56.4 Å². The van der Waals surface area contributed by atoms with Crippen LogP contribution >= 0.6 is 19.6 Å². The monoisotopic (exact) mass is 466 g/mol. The van der Waals surface area contributed by atoms with Gasteiger partial charge in [0.1, 0.15) is 24.6 Å². The number of methoxy groups -OCH3 is 1. The number of rotatable bonds is 4. The van der Waals surface area contributed by atoms with Crippen LogP contribution in [0.3, 0.4) is 0 Å². The number of aromatic nitrogens is 4. The molecule has 31 heavy (non-hydrogen) atoms. The van der Waals surface area contributed by atoms with Gasteiger partial charge >= 0.3 is 7.82 Å². The molecule has 5 atom stereocenters. The van der Waals surface area contributed by atoms with Gasteiger partial charge in [-0.05, 0) is 23.9 Å². The van der Waals surface area contributed by atoms with Crippen molar-refractivity contribution < 1.29 is 28.0 Å². The molecule has 1 unspecified atom stereocenters. The van der Waals surface area contributed by atoms with E-state index in [0.717, 1.165) is 4.90 Å². The predicted octanol–water partition coefficient (Wildman–Crippen LogP) is 1.57. The molecule has 0 spiro atoms. The van der Waals surface area contributed by atoms with E-state index in [1.54, 1.807) is 10.6 Å². The third kappa shape index (κ3) is 3.57. The highest BCUT2D eigenvalue weighted by atomic mass is 32.2. The molecule has 14 heteroatoms. The number of para-hydroxylation sites is 1. The number of hydrogen-bond acceptors (Lipinski definition) is 11. The zero-order valence-corrected chi connectivity index (χ0v) is 17.9. The van der Waals surface area contributed by atoms with Crippen molar-refractivity contribution in [2.24, 2.45) is 0 Å². The Labute approximate surface area is 180 Å². The number of fused-ring (bicyclic) bond motifs is 2. The van der Waals surface area contributed by atoms with Gasteiger partial charge in [-0.25, -0.2) is 19.5 Å². The number of phosphoric ester groups is 1. The second-order valence-electron chi connectivity index (χ2n) is 6.94. The first-order valence-corrected chi connectivity index (χ1v) is 11.5. The summed E-state index contributed by atoms with van der Waals surface area (Å²) in [4.78, 5) is 23.5. The van der Waals surface area contributed by atoms with Crippen molar-refractivity contribution in [3.05, 3.63) is 30.6 Å². The van der Waals surface area contributed by atoms with E-state index in [4.69, 9.17) is 30.0 Å². The van der Waals surface area contributed by atoms with Gasteiger partial charge in [0, 0.05) is 17.7 Å². The van der Waals surface area contributed by atoms with Gasteiger partial charge in [0.15, 0.2) is 28.4 Å². The van der Waals surface area contributed by atoms with Crippen molar-refractivity contribution in [2.75, 3.05) is 25.2 Å². The summed E-state index contributed by atoms with van der Waals surface area (Å²) < 4.78 is 35.6. The van der Waals surface area contributed by atoms with Crippen molar-refractivity contribution in [2.45, 2.75) is 34.6 Å². The lowest BCUT2D eigenvalue weighted by molar-refractivity contribution is -0.0690. The van der Waals surface area contributed by atoms with Gasteiger partial charge in [0.2, 0.25) is 0 Å². The molecule has 2 fully saturated rings. The molecule has 0 radical (unpaired) electrons. The molecule has 12 nitrogen and oxygen atoms in total. The maximum atomic E-state index is 12.0. The first-order chi connectivity index (χ1) is 14.9. The van der Waals surface area contributed by atoms with Gasteiger partial charge in [0.25, 0.3) is 0 Å². The topological polar surface area (TPSA) is 170 Å². The summed E-state index contributed by atoms with van der Waals surface area (Å²) >= 11 is 1.30. The Hall–Kier alpha value is -2.25. The molecule has 164 valence electrons. The highest BCUT2D eigenvalue weighted by Gasteiger charge is 2.54. The number of nitrogens with two attached hydrogens (primary N) is 2. The van der Waals surface area contributed by atoms with Gasteiger partial charge in [0.05, 0.1) is 6.61 Å². The van der Waals surface area contributed by atoms with Gasteiger partial charge in [-0.15, -0.1) is 0 Å². The minimum Gasteiger partial charge on any atom is -0.398 e. The molecule has 0 saturated carbocycles. The molecule has 2 saturated heterocycles. The summed E-state index contributed by atoms with van der Waals surface area (Å²) in [5, 5.41) is 0.485. The second-order valence-corrected chi connectivity index (χ2v) is 9.35. The lowest BCUT2D eigenvalue weighted by Crippen LogP contribution is -2.40. The van der Waals surface area contributed by atoms with Crippen LogP contribution < -0.4 is 11.5 Å². The molecular formula is C17H19N6O6PS. The summed E-state index contributed by atoms with van der Waals surface area (Å²) in [5.74, 6) is 0.204. The number of hydrogen-bond donors (Lipinski definition) is 3. The molecule has 5 rings (SSSR count). The summed E-state index contributed by atoms with van der Waals surface area (Å²) in [6, 6.07) is 7.34. The van der Waals surface area contributed by atoms with E-state index >= 15 is 0 Å². The van der Waals surface area contributed by atoms with Crippen LogP contribution in [0.4, 0.5) is 11.5 Å². The molecule has 0 aliphatic carbocycles. The standard InChI is InChI=1S/C17H19N6O6PS/c1-26-13-12-9(6-27-30(24,25)29-12)28-16(13)23-15-11(14(19)20-7-21-15)22-17(23)31-10-5-3-2-4-8(10)18/h2-5,7,9,12-13,16H,6,18H2,1H3,(H,24,25)(H2,19,20,21)/t9-,12-,13-,16-/m1/s1. The Balaban J connectivity index is 1.62. The van der Waals surface area contributed by atoms with Crippen molar-refractivity contribution in [3.63, 3.8) is 0 Å². The maximum absolute atomic E-state index is 12.0. The normalized spacial score (nSPS) is 30.5. The quantitative estimate of drug-likeness (QED) is 0.375. The number of benzene rings is 1. The molecule has 0 bridgehead atoms. The number of nitrogens with zero attached hydrogens (tertiary/aromatic N) is 4. The van der Waals surface area contributed by atoms with Crippen LogP contribution in [-0.2, 0) is 23.1 Å². The van der Waals surface area contributed by atoms with E-state index in [1.807, 2.05) is 18.2 Å². The van der Waals surface area contributed by atoms with Gasteiger partial charge in [-0.2, -0.15) is 0 Å². The highest BCUT2D eigenvalue weighted by Crippen LogP contribution is 2.53. The Morgan fingerprint density at radius 2 is 2.13 bits per heavy atom. The minimum absolute atomic E-state index is 0.118. The Morgan fingerprint density at radius 3 is 2.90 bits per heavy atom. The van der Waals surface area contributed by atoms with Crippen LogP contribution in [0.2, 0.25) is 0 Å². The third-order valence-corrected chi connectivity index (χ3v) is 7.11. The van der Waals surface area contributed by atoms with Gasteiger partial charge in [-0.1, -0.05) is 12.1 Å². The first kappa shape index (κ1) is 20.6. The molecule has 3 aromatic rings. The predicted molar refractivity (Wildman–Crippen MR) is 110 cm³/mol. The summed E-state index contributed by atoms with van der Waals surface area (Å²) in [5.41, 5.74) is 13.5. The first-order valence-electron chi connectivity index (χ1n) is 9.22. The SMILES string of the molecule is CO[C@@H]1[C@@H]2OP(=O)(O)OC[C@H]2O[C@H]1n1c(Sc2ccccc2N)nc2c(N)ncnc21. The molecule has 2 aromatic heterocycles. The number of imidazole rings is 1. The van der Waals surface area contributed by atoms with Crippen LogP contribution in [0.1, 0.15) is 6.23 Å². The second kappa shape index (κ2) is 7.71. The van der Waals surface area contributed by atoms with Crippen molar-refractivity contribution >= 4 is 42.3 Å². The van der Waals surface area contributed by atoms with Crippen molar-refractivity contribution in [1.82, 2.24) is 19.5 Å². The van der Waals surface area contributed by atoms with Gasteiger partial charge < -0.3 is 25.8 Å². The van der Waals surface area contributed by atoms with Crippen LogP contribution in [0, 0.1) is 0 Å². The smallest absolute Gasteiger partial charge is 0.398 e. The molecule has 2 aliphatic rings. The summed E-state index contributed by atoms with van der Waals surface area (Å²) in [7, 11) is -2.72. The molecule has 1 aromatic carbocycles. The molecular weight excluding hydrogens is 447 g/mol. The third-order valence-electron chi connectivity index (χ3n) is 5.06. The van der Waals surface area contributed by atoms with E-state index < -0.39 is 32.4 Å². The van der Waals surface area contributed by atoms with Crippen LogP contribution in [0.25, 0.3) is 11.2 Å². The molecule has 0 amide bonds. The van der Waals surface area contributed by atoms with E-state index in [9.17, 15) is 9.46 Å². The van der Waals surface area contributed by atoms with Crippen molar-refractivity contribution in [3.8, 4) is 0 Å². The zero-order valence-electron chi connectivity index (χ0n) is 16.2. The van der Waals surface area contributed by atoms with Crippen LogP contribution in [0.5, 0.6) is 0 Å². The Bertz CT molecular complexity index is 1190. The lowest BCUT2D eigenvalue weighted by Gasteiger charge is -2.29. The summed E-state index contributed by atoms with van der Waals surface area (Å²) in [6.45, 7) is -0.118. The zero-order chi connectivity index (χ0) is 21.8. The average molecular weight is 466 g/mol.